The summed E-state index contributed by atoms with van der Waals surface area (Å²) in [5, 5.41) is 0. The number of carbonyl (C=O) groups is 2. The van der Waals surface area contributed by atoms with Gasteiger partial charge >= 0.3 is 11.9 Å². The van der Waals surface area contributed by atoms with Crippen LogP contribution >= 0.6 is 0 Å². The fraction of sp³-hybridized carbons (Fsp3) is 0.778. The van der Waals surface area contributed by atoms with Crippen molar-refractivity contribution in [1.29, 1.82) is 0 Å². The molecular weight excluding hydrogens is 308 g/mol. The van der Waals surface area contributed by atoms with Crippen LogP contribution in [0.15, 0.2) is 11.8 Å². The van der Waals surface area contributed by atoms with E-state index >= 15 is 0 Å². The smallest absolute Gasteiger partial charge is 0.323 e. The summed E-state index contributed by atoms with van der Waals surface area (Å²) in [7, 11) is -1.32. The van der Waals surface area contributed by atoms with Crippen molar-refractivity contribution in [2.75, 3.05) is 13.2 Å². The second kappa shape index (κ2) is 5.76. The fourth-order valence-electron chi connectivity index (χ4n) is 4.07. The predicted molar refractivity (Wildman–Crippen MR) is 92.6 cm³/mol. The lowest BCUT2D eigenvalue weighted by Gasteiger charge is -2.27. The number of carbonyl (C=O) groups excluding carboxylic acids is 2. The molecule has 0 unspecified atom stereocenters. The van der Waals surface area contributed by atoms with E-state index in [0.29, 0.717) is 12.8 Å². The Hall–Kier alpha value is -1.10. The summed E-state index contributed by atoms with van der Waals surface area (Å²) in [6.45, 7) is 13.2. The van der Waals surface area contributed by atoms with Crippen molar-refractivity contribution in [3.8, 4) is 0 Å². The molecule has 0 saturated heterocycles. The van der Waals surface area contributed by atoms with E-state index in [1.165, 1.54) is 0 Å². The molecule has 0 aliphatic heterocycles. The number of hydrogen-bond acceptors (Lipinski definition) is 4. The van der Waals surface area contributed by atoms with Gasteiger partial charge in [-0.25, -0.2) is 0 Å². The molecule has 0 aromatic heterocycles. The molecule has 5 heteroatoms. The Morgan fingerprint density at radius 3 is 1.96 bits per heavy atom. The van der Waals surface area contributed by atoms with Gasteiger partial charge in [0.2, 0.25) is 0 Å². The first-order chi connectivity index (χ1) is 10.5. The van der Waals surface area contributed by atoms with E-state index in [1.807, 2.05) is 0 Å². The lowest BCUT2D eigenvalue weighted by atomic mass is 9.80. The van der Waals surface area contributed by atoms with Crippen LogP contribution in [-0.4, -0.2) is 33.2 Å². The summed E-state index contributed by atoms with van der Waals surface area (Å²) in [5.74, 6) is -0.819. The van der Waals surface area contributed by atoms with Crippen molar-refractivity contribution in [2.45, 2.75) is 59.7 Å². The molecule has 2 aliphatic carbocycles. The maximum Gasteiger partial charge on any atom is 0.323 e. The monoisotopic (exact) mass is 338 g/mol. The summed E-state index contributed by atoms with van der Waals surface area (Å²) in [5.41, 5.74) is 1.17. The van der Waals surface area contributed by atoms with E-state index in [4.69, 9.17) is 9.47 Å². The molecule has 0 bridgehead atoms. The van der Waals surface area contributed by atoms with E-state index in [2.05, 4.69) is 38.3 Å². The van der Waals surface area contributed by atoms with Crippen LogP contribution in [-0.2, 0) is 19.1 Å². The Bertz CT molecular complexity index is 516. The number of rotatable bonds is 6. The van der Waals surface area contributed by atoms with Crippen LogP contribution in [0.3, 0.4) is 0 Å². The third kappa shape index (κ3) is 3.12. The minimum Gasteiger partial charge on any atom is -0.465 e. The number of esters is 2. The first-order valence-corrected chi connectivity index (χ1v) is 12.2. The van der Waals surface area contributed by atoms with Gasteiger partial charge in [0.1, 0.15) is 0 Å². The fourth-order valence-corrected chi connectivity index (χ4v) is 4.89. The Morgan fingerprint density at radius 1 is 1.00 bits per heavy atom. The minimum atomic E-state index is -1.32. The van der Waals surface area contributed by atoms with Crippen LogP contribution < -0.4 is 0 Å². The van der Waals surface area contributed by atoms with Crippen LogP contribution in [0, 0.1) is 16.2 Å². The molecule has 0 aromatic carbocycles. The highest BCUT2D eigenvalue weighted by Crippen LogP contribution is 2.78. The molecule has 4 nitrogen and oxygen atoms in total. The van der Waals surface area contributed by atoms with Gasteiger partial charge in [-0.3, -0.25) is 9.59 Å². The van der Waals surface area contributed by atoms with Gasteiger partial charge in [0.05, 0.1) is 21.3 Å². The number of allylic oxidation sites excluding steroid dienone is 1. The highest BCUT2D eigenvalue weighted by molar-refractivity contribution is 6.80. The molecule has 2 rings (SSSR count). The normalized spacial score (nSPS) is 31.7. The van der Waals surface area contributed by atoms with Gasteiger partial charge in [0.25, 0.3) is 0 Å². The van der Waals surface area contributed by atoms with E-state index in [1.54, 1.807) is 13.8 Å². The Balaban J connectivity index is 2.32. The van der Waals surface area contributed by atoms with Gasteiger partial charge < -0.3 is 9.47 Å². The first kappa shape index (κ1) is 18.2. The van der Waals surface area contributed by atoms with Crippen molar-refractivity contribution < 1.29 is 19.1 Å². The van der Waals surface area contributed by atoms with Gasteiger partial charge in [0, 0.05) is 0 Å². The minimum absolute atomic E-state index is 0.00265. The average Bonchev–Trinajstić information content (AvgIpc) is 2.90. The topological polar surface area (TPSA) is 52.6 Å². The highest BCUT2D eigenvalue weighted by atomic mass is 28.3. The van der Waals surface area contributed by atoms with Crippen molar-refractivity contribution in [3.63, 3.8) is 0 Å². The molecule has 23 heavy (non-hydrogen) atoms. The van der Waals surface area contributed by atoms with Gasteiger partial charge in [-0.1, -0.05) is 38.3 Å². The van der Waals surface area contributed by atoms with Gasteiger partial charge in [0.15, 0.2) is 5.41 Å². The summed E-state index contributed by atoms with van der Waals surface area (Å²) >= 11 is 0. The lowest BCUT2D eigenvalue weighted by molar-refractivity contribution is -0.173. The zero-order valence-electron chi connectivity index (χ0n) is 15.3. The van der Waals surface area contributed by atoms with Crippen LogP contribution in [0.4, 0.5) is 0 Å². The summed E-state index contributed by atoms with van der Waals surface area (Å²) < 4.78 is 10.5. The number of fused-ring (bicyclic) bond motifs is 1. The Kier molecular flexibility index (Phi) is 4.57. The predicted octanol–water partition coefficient (Wildman–Crippen LogP) is 3.72. The zero-order chi connectivity index (χ0) is 17.5. The molecule has 0 heterocycles. The molecule has 2 atom stereocenters. The second-order valence-corrected chi connectivity index (χ2v) is 13.5. The van der Waals surface area contributed by atoms with E-state index < -0.39 is 25.4 Å². The van der Waals surface area contributed by atoms with Crippen molar-refractivity contribution in [2.24, 2.45) is 16.2 Å². The molecule has 2 fully saturated rings. The highest BCUT2D eigenvalue weighted by Gasteiger charge is 2.76. The molecule has 0 amide bonds. The van der Waals surface area contributed by atoms with Gasteiger partial charge in [-0.05, 0) is 43.9 Å². The quantitative estimate of drug-likeness (QED) is 0.421. The zero-order valence-corrected chi connectivity index (χ0v) is 16.3. The van der Waals surface area contributed by atoms with Gasteiger partial charge in [-0.2, -0.15) is 0 Å². The summed E-state index contributed by atoms with van der Waals surface area (Å²) in [4.78, 5) is 25.2. The standard InChI is InChI=1S/C18H30O4Si/c1-7-21-14(19)18(15(20)22-8-2)12-16(3)11-17(16,13-18)9-10-23(4,5)6/h9-10H,7-8,11-13H2,1-6H3/b10-9+/t16-,17+/m0/s1. The van der Waals surface area contributed by atoms with Crippen LogP contribution in [0.5, 0.6) is 0 Å². The average molecular weight is 339 g/mol. The lowest BCUT2D eigenvalue weighted by Crippen LogP contribution is -2.42. The van der Waals surface area contributed by atoms with Crippen LogP contribution in [0.2, 0.25) is 19.6 Å². The summed E-state index contributed by atoms with van der Waals surface area (Å²) in [6, 6.07) is 0. The van der Waals surface area contributed by atoms with Crippen LogP contribution in [0.25, 0.3) is 0 Å². The molecule has 0 N–H and O–H groups in total. The molecular formula is C18H30O4Si. The SMILES string of the molecule is CCOC(=O)C1(C(=O)OCC)C[C@]2(C)C[C@]2(/C=C/[Si](C)(C)C)C1. The van der Waals surface area contributed by atoms with E-state index in [-0.39, 0.29) is 24.0 Å². The van der Waals surface area contributed by atoms with E-state index in [0.717, 1.165) is 6.42 Å². The Labute approximate surface area is 140 Å². The molecule has 2 saturated carbocycles. The van der Waals surface area contributed by atoms with E-state index in [9.17, 15) is 9.59 Å². The molecule has 0 radical (unpaired) electrons. The maximum atomic E-state index is 12.6. The second-order valence-electron chi connectivity index (χ2n) is 8.47. The maximum absolute atomic E-state index is 12.6. The molecule has 0 aromatic rings. The Morgan fingerprint density at radius 2 is 1.52 bits per heavy atom. The van der Waals surface area contributed by atoms with Crippen LogP contribution in [0.1, 0.15) is 40.0 Å². The largest absolute Gasteiger partial charge is 0.465 e. The molecule has 0 spiro atoms. The molecule has 130 valence electrons. The number of ether oxygens (including phenoxy) is 2. The first-order valence-electron chi connectivity index (χ1n) is 8.59. The van der Waals surface area contributed by atoms with Crippen molar-refractivity contribution >= 4 is 20.0 Å². The van der Waals surface area contributed by atoms with Gasteiger partial charge in [-0.15, -0.1) is 0 Å². The third-order valence-electron chi connectivity index (χ3n) is 5.33. The third-order valence-corrected chi connectivity index (χ3v) is 6.49. The molecule has 2 aliphatic rings. The summed E-state index contributed by atoms with van der Waals surface area (Å²) in [6.07, 6.45) is 4.39. The van der Waals surface area contributed by atoms with Crippen molar-refractivity contribution in [3.05, 3.63) is 11.8 Å². The van der Waals surface area contributed by atoms with Crippen molar-refractivity contribution in [1.82, 2.24) is 0 Å². The number of hydrogen-bond donors (Lipinski definition) is 0.